The summed E-state index contributed by atoms with van der Waals surface area (Å²) >= 11 is 7.48. The first-order valence-corrected chi connectivity index (χ1v) is 7.99. The summed E-state index contributed by atoms with van der Waals surface area (Å²) in [7, 11) is 0. The second-order valence-corrected chi connectivity index (χ2v) is 7.18. The van der Waals surface area contributed by atoms with Gasteiger partial charge in [-0.15, -0.1) is 11.8 Å². The largest absolute Gasteiger partial charge is 0.339 e. The van der Waals surface area contributed by atoms with Crippen molar-refractivity contribution in [2.24, 2.45) is 11.3 Å². The van der Waals surface area contributed by atoms with E-state index in [1.165, 1.54) is 0 Å². The molecule has 1 heterocycles. The number of nitrogens with zero attached hydrogens (tertiary/aromatic N) is 3. The Morgan fingerprint density at radius 1 is 1.38 bits per heavy atom. The zero-order valence-electron chi connectivity index (χ0n) is 11.7. The van der Waals surface area contributed by atoms with E-state index in [0.29, 0.717) is 17.5 Å². The first-order chi connectivity index (χ1) is 10.0. The molecule has 0 N–H and O–H groups in total. The van der Waals surface area contributed by atoms with Gasteiger partial charge in [-0.05, 0) is 29.7 Å². The average Bonchev–Trinajstić information content (AvgIpc) is 2.82. The van der Waals surface area contributed by atoms with Crippen molar-refractivity contribution in [3.63, 3.8) is 0 Å². The minimum absolute atomic E-state index is 0.0327. The maximum atomic E-state index is 9.10. The van der Waals surface area contributed by atoms with Gasteiger partial charge >= 0.3 is 0 Å². The number of hydrogen-bond acceptors (Lipinski definition) is 5. The number of nitriles is 1. The highest BCUT2D eigenvalue weighted by atomic mass is 35.5. The van der Waals surface area contributed by atoms with E-state index < -0.39 is 0 Å². The summed E-state index contributed by atoms with van der Waals surface area (Å²) in [6.45, 7) is 4.11. The van der Waals surface area contributed by atoms with Gasteiger partial charge in [0.25, 0.3) is 0 Å². The summed E-state index contributed by atoms with van der Waals surface area (Å²) in [5, 5.41) is 13.8. The smallest absolute Gasteiger partial charge is 0.231 e. The quantitative estimate of drug-likeness (QED) is 0.787. The van der Waals surface area contributed by atoms with Gasteiger partial charge in [-0.1, -0.05) is 30.6 Å². The van der Waals surface area contributed by atoms with Crippen molar-refractivity contribution in [2.75, 3.05) is 0 Å². The highest BCUT2D eigenvalue weighted by Gasteiger charge is 2.62. The monoisotopic (exact) mass is 319 g/mol. The fourth-order valence-corrected chi connectivity index (χ4v) is 3.34. The zero-order valence-corrected chi connectivity index (χ0v) is 13.3. The number of thioether (sulfide) groups is 1. The molecule has 1 aliphatic rings. The van der Waals surface area contributed by atoms with Crippen molar-refractivity contribution in [3.8, 4) is 6.07 Å². The molecule has 108 valence electrons. The van der Waals surface area contributed by atoms with E-state index in [0.717, 1.165) is 9.92 Å². The van der Waals surface area contributed by atoms with E-state index in [9.17, 15) is 0 Å². The van der Waals surface area contributed by atoms with Crippen LogP contribution in [0.4, 0.5) is 0 Å². The second-order valence-electron chi connectivity index (χ2n) is 5.70. The molecule has 3 rings (SSSR count). The van der Waals surface area contributed by atoms with Gasteiger partial charge in [0.2, 0.25) is 5.89 Å². The molecule has 1 aromatic heterocycles. The fourth-order valence-electron chi connectivity index (χ4n) is 2.47. The Morgan fingerprint density at radius 2 is 2.10 bits per heavy atom. The van der Waals surface area contributed by atoms with Gasteiger partial charge < -0.3 is 4.52 Å². The Balaban J connectivity index is 1.64. The van der Waals surface area contributed by atoms with Crippen LogP contribution in [0.15, 0.2) is 33.7 Å². The predicted molar refractivity (Wildman–Crippen MR) is 80.9 cm³/mol. The standard InChI is InChI=1S/C15H14ClN3OS/c1-15(2)11(7-17)13(15)14-18-12(19-20-14)8-21-10-5-3-9(16)4-6-10/h3-6,11,13H,8H2,1-2H3. The molecule has 0 spiro atoms. The maximum absolute atomic E-state index is 9.10. The lowest BCUT2D eigenvalue weighted by Crippen LogP contribution is -1.91. The molecule has 1 aromatic carbocycles. The van der Waals surface area contributed by atoms with Gasteiger partial charge in [0.05, 0.1) is 23.7 Å². The number of rotatable bonds is 4. The molecule has 21 heavy (non-hydrogen) atoms. The molecule has 0 bridgehead atoms. The topological polar surface area (TPSA) is 62.7 Å². The number of benzene rings is 1. The third kappa shape index (κ3) is 2.78. The van der Waals surface area contributed by atoms with Crippen LogP contribution in [0.2, 0.25) is 5.02 Å². The molecule has 1 aliphatic carbocycles. The van der Waals surface area contributed by atoms with Crippen molar-refractivity contribution < 1.29 is 4.52 Å². The molecular weight excluding hydrogens is 306 g/mol. The van der Waals surface area contributed by atoms with Gasteiger partial charge in [0.1, 0.15) is 0 Å². The molecule has 2 aromatic rings. The van der Waals surface area contributed by atoms with E-state index in [1.807, 2.05) is 24.3 Å². The van der Waals surface area contributed by atoms with Crippen LogP contribution in [-0.2, 0) is 5.75 Å². The molecule has 2 atom stereocenters. The van der Waals surface area contributed by atoms with Crippen LogP contribution in [0.3, 0.4) is 0 Å². The van der Waals surface area contributed by atoms with Crippen molar-refractivity contribution in [1.29, 1.82) is 5.26 Å². The van der Waals surface area contributed by atoms with Crippen LogP contribution in [0.5, 0.6) is 0 Å². The van der Waals surface area contributed by atoms with Crippen LogP contribution in [0, 0.1) is 22.7 Å². The van der Waals surface area contributed by atoms with Crippen LogP contribution in [0.1, 0.15) is 31.5 Å². The molecule has 1 fully saturated rings. The Morgan fingerprint density at radius 3 is 2.71 bits per heavy atom. The van der Waals surface area contributed by atoms with Gasteiger partial charge in [-0.3, -0.25) is 0 Å². The molecule has 1 saturated carbocycles. The normalized spacial score (nSPS) is 22.8. The van der Waals surface area contributed by atoms with Crippen molar-refractivity contribution in [2.45, 2.75) is 30.4 Å². The van der Waals surface area contributed by atoms with Crippen molar-refractivity contribution in [3.05, 3.63) is 41.0 Å². The van der Waals surface area contributed by atoms with E-state index in [1.54, 1.807) is 11.8 Å². The predicted octanol–water partition coefficient (Wildman–Crippen LogP) is 4.28. The van der Waals surface area contributed by atoms with Crippen LogP contribution in [-0.4, -0.2) is 10.1 Å². The molecule has 2 unspecified atom stereocenters. The Bertz CT molecular complexity index is 690. The highest BCUT2D eigenvalue weighted by Crippen LogP contribution is 2.63. The third-order valence-electron chi connectivity index (χ3n) is 3.90. The summed E-state index contributed by atoms with van der Waals surface area (Å²) in [5.41, 5.74) is -0.0676. The minimum atomic E-state index is -0.0676. The first-order valence-electron chi connectivity index (χ1n) is 6.63. The van der Waals surface area contributed by atoms with Crippen molar-refractivity contribution >= 4 is 23.4 Å². The molecule has 0 amide bonds. The average molecular weight is 320 g/mol. The van der Waals surface area contributed by atoms with Gasteiger partial charge in [-0.2, -0.15) is 10.2 Å². The van der Waals surface area contributed by atoms with Gasteiger partial charge in [0.15, 0.2) is 5.82 Å². The maximum Gasteiger partial charge on any atom is 0.231 e. The molecule has 0 radical (unpaired) electrons. The molecule has 0 saturated heterocycles. The zero-order chi connectivity index (χ0) is 15.0. The molecular formula is C15H14ClN3OS. The van der Waals surface area contributed by atoms with E-state index in [-0.39, 0.29) is 17.3 Å². The number of hydrogen-bond donors (Lipinski definition) is 0. The third-order valence-corrected chi connectivity index (χ3v) is 5.16. The van der Waals surface area contributed by atoms with Crippen LogP contribution < -0.4 is 0 Å². The lowest BCUT2D eigenvalue weighted by molar-refractivity contribution is 0.364. The lowest BCUT2D eigenvalue weighted by atomic mass is 10.1. The van der Waals surface area contributed by atoms with E-state index >= 15 is 0 Å². The summed E-state index contributed by atoms with van der Waals surface area (Å²) in [5.74, 6) is 1.90. The Kier molecular flexibility index (Phi) is 3.68. The lowest BCUT2D eigenvalue weighted by Gasteiger charge is -1.98. The summed E-state index contributed by atoms with van der Waals surface area (Å²) < 4.78 is 5.32. The van der Waals surface area contributed by atoms with E-state index in [4.69, 9.17) is 21.4 Å². The molecule has 4 nitrogen and oxygen atoms in total. The second kappa shape index (κ2) is 5.36. The first kappa shape index (κ1) is 14.4. The highest BCUT2D eigenvalue weighted by molar-refractivity contribution is 7.98. The number of aromatic nitrogens is 2. The summed E-state index contributed by atoms with van der Waals surface area (Å²) in [4.78, 5) is 5.53. The minimum Gasteiger partial charge on any atom is -0.339 e. The van der Waals surface area contributed by atoms with Gasteiger partial charge in [-0.25, -0.2) is 0 Å². The SMILES string of the molecule is CC1(C)C(C#N)C1c1nc(CSc2ccc(Cl)cc2)no1. The number of halogens is 1. The Labute approximate surface area is 132 Å². The van der Waals surface area contributed by atoms with Crippen LogP contribution in [0.25, 0.3) is 0 Å². The summed E-state index contributed by atoms with van der Waals surface area (Å²) in [6.07, 6.45) is 0. The van der Waals surface area contributed by atoms with Gasteiger partial charge in [0, 0.05) is 9.92 Å². The molecule has 0 aliphatic heterocycles. The Hall–Kier alpha value is -1.51. The van der Waals surface area contributed by atoms with E-state index in [2.05, 4.69) is 30.1 Å². The van der Waals surface area contributed by atoms with Crippen molar-refractivity contribution in [1.82, 2.24) is 10.1 Å². The molecule has 6 heteroatoms. The summed E-state index contributed by atoms with van der Waals surface area (Å²) in [6, 6.07) is 9.94. The fraction of sp³-hybridized carbons (Fsp3) is 0.400. The van der Waals surface area contributed by atoms with Crippen LogP contribution >= 0.6 is 23.4 Å².